The molecule has 1 unspecified atom stereocenters. The Balaban J connectivity index is 2.84. The summed E-state index contributed by atoms with van der Waals surface area (Å²) in [4.78, 5) is 11.3. The quantitative estimate of drug-likeness (QED) is 0.833. The van der Waals surface area contributed by atoms with E-state index in [1.165, 1.54) is 19.1 Å². The summed E-state index contributed by atoms with van der Waals surface area (Å²) in [5.74, 6) is -0.463. The summed E-state index contributed by atoms with van der Waals surface area (Å²) in [5.41, 5.74) is 1.82. The number of hydrogen-bond acceptors (Lipinski definition) is 2. The predicted octanol–water partition coefficient (Wildman–Crippen LogP) is 2.26. The summed E-state index contributed by atoms with van der Waals surface area (Å²) in [7, 11) is 0. The van der Waals surface area contributed by atoms with Crippen LogP contribution < -0.4 is 0 Å². The Kier molecular flexibility index (Phi) is 4.62. The fourth-order valence-electron chi connectivity index (χ4n) is 1.73. The molecule has 0 spiro atoms. The molecule has 0 aliphatic carbocycles. The largest absolute Gasteiger partial charge is 0.396 e. The maximum atomic E-state index is 13.1. The van der Waals surface area contributed by atoms with E-state index >= 15 is 0 Å². The molecule has 16 heavy (non-hydrogen) atoms. The van der Waals surface area contributed by atoms with Crippen molar-refractivity contribution in [2.75, 3.05) is 6.61 Å². The van der Waals surface area contributed by atoms with Crippen LogP contribution in [0.3, 0.4) is 0 Å². The molecule has 0 amide bonds. The number of carbonyl (C=O) groups excluding carboxylic acids is 1. The fourth-order valence-corrected chi connectivity index (χ4v) is 1.73. The van der Waals surface area contributed by atoms with Crippen molar-refractivity contribution in [3.63, 3.8) is 0 Å². The molecule has 0 bridgehead atoms. The average molecular weight is 224 g/mol. The summed E-state index contributed by atoms with van der Waals surface area (Å²) < 4.78 is 13.1. The van der Waals surface area contributed by atoms with E-state index < -0.39 is 0 Å². The molecule has 1 rings (SSSR count). The number of benzene rings is 1. The monoisotopic (exact) mass is 224 g/mol. The maximum absolute atomic E-state index is 13.1. The highest BCUT2D eigenvalue weighted by Gasteiger charge is 2.15. The normalized spacial score (nSPS) is 12.5. The lowest BCUT2D eigenvalue weighted by Gasteiger charge is -2.14. The van der Waals surface area contributed by atoms with Crippen molar-refractivity contribution in [1.29, 1.82) is 0 Å². The Labute approximate surface area is 95.1 Å². The van der Waals surface area contributed by atoms with Gasteiger partial charge in [0.15, 0.2) is 0 Å². The molecule has 0 saturated heterocycles. The molecule has 0 aliphatic heterocycles. The summed E-state index contributed by atoms with van der Waals surface area (Å²) >= 11 is 0. The van der Waals surface area contributed by atoms with Crippen LogP contribution in [0.2, 0.25) is 0 Å². The molecule has 0 radical (unpaired) electrons. The number of rotatable bonds is 5. The zero-order valence-corrected chi connectivity index (χ0v) is 9.66. The zero-order chi connectivity index (χ0) is 12.1. The molecule has 0 aromatic heterocycles. The Bertz CT molecular complexity index is 374. The summed E-state index contributed by atoms with van der Waals surface area (Å²) in [5, 5.41) is 8.86. The van der Waals surface area contributed by atoms with Gasteiger partial charge in [0.25, 0.3) is 0 Å². The molecule has 1 atom stereocenters. The third kappa shape index (κ3) is 3.42. The van der Waals surface area contributed by atoms with Crippen molar-refractivity contribution >= 4 is 5.78 Å². The van der Waals surface area contributed by atoms with Crippen LogP contribution in [0.25, 0.3) is 0 Å². The highest BCUT2D eigenvalue weighted by atomic mass is 19.1. The third-order valence-corrected chi connectivity index (χ3v) is 2.83. The first-order valence-electron chi connectivity index (χ1n) is 5.41. The van der Waals surface area contributed by atoms with Gasteiger partial charge in [-0.2, -0.15) is 0 Å². The second-order valence-corrected chi connectivity index (χ2v) is 4.09. The Hall–Kier alpha value is -1.22. The van der Waals surface area contributed by atoms with Crippen LogP contribution in [0.4, 0.5) is 4.39 Å². The highest BCUT2D eigenvalue weighted by molar-refractivity contribution is 5.78. The van der Waals surface area contributed by atoms with Gasteiger partial charge in [0.2, 0.25) is 0 Å². The Morgan fingerprint density at radius 2 is 2.19 bits per heavy atom. The van der Waals surface area contributed by atoms with E-state index in [1.807, 2.05) is 6.92 Å². The molecule has 88 valence electrons. The topological polar surface area (TPSA) is 37.3 Å². The van der Waals surface area contributed by atoms with E-state index in [4.69, 9.17) is 5.11 Å². The third-order valence-electron chi connectivity index (χ3n) is 2.83. The van der Waals surface area contributed by atoms with Crippen LogP contribution in [0, 0.1) is 18.7 Å². The molecule has 1 N–H and O–H groups in total. The standard InChI is InChI=1S/C13H17FO2/c1-9-3-4-13(14)8-12(9)7-11(5-6-15)10(2)16/h3-4,8,11,15H,5-7H2,1-2H3. The molecule has 0 fully saturated rings. The predicted molar refractivity (Wildman–Crippen MR) is 60.7 cm³/mol. The lowest BCUT2D eigenvalue weighted by Crippen LogP contribution is -2.16. The average Bonchev–Trinajstić information content (AvgIpc) is 2.22. The van der Waals surface area contributed by atoms with Crippen LogP contribution in [0.15, 0.2) is 18.2 Å². The van der Waals surface area contributed by atoms with Crippen LogP contribution in [-0.2, 0) is 11.2 Å². The van der Waals surface area contributed by atoms with Crippen LogP contribution in [0.5, 0.6) is 0 Å². The number of ketones is 1. The van der Waals surface area contributed by atoms with Crippen LogP contribution >= 0.6 is 0 Å². The number of aliphatic hydroxyl groups excluding tert-OH is 1. The first kappa shape index (κ1) is 12.8. The number of halogens is 1. The molecular formula is C13H17FO2. The summed E-state index contributed by atoms with van der Waals surface area (Å²) in [6, 6.07) is 4.58. The van der Waals surface area contributed by atoms with E-state index in [0.29, 0.717) is 12.8 Å². The van der Waals surface area contributed by atoms with Crippen LogP contribution in [-0.4, -0.2) is 17.5 Å². The number of Topliss-reactive ketones (excluding diaryl/α,β-unsaturated/α-hetero) is 1. The minimum absolute atomic E-state index is 0.0153. The molecule has 2 nitrogen and oxygen atoms in total. The molecule has 0 saturated carbocycles. The van der Waals surface area contributed by atoms with Gasteiger partial charge < -0.3 is 5.11 Å². The molecule has 0 heterocycles. The van der Waals surface area contributed by atoms with Crippen molar-refractivity contribution < 1.29 is 14.3 Å². The van der Waals surface area contributed by atoms with Crippen LogP contribution in [0.1, 0.15) is 24.5 Å². The highest BCUT2D eigenvalue weighted by Crippen LogP contribution is 2.17. The van der Waals surface area contributed by atoms with Gasteiger partial charge in [0, 0.05) is 12.5 Å². The second kappa shape index (κ2) is 5.75. The minimum atomic E-state index is -0.285. The maximum Gasteiger partial charge on any atom is 0.133 e. The molecule has 0 aliphatic rings. The number of aliphatic hydroxyl groups is 1. The van der Waals surface area contributed by atoms with Gasteiger partial charge in [-0.3, -0.25) is 4.79 Å². The van der Waals surface area contributed by atoms with Gasteiger partial charge in [-0.05, 0) is 49.9 Å². The number of carbonyl (C=O) groups is 1. The van der Waals surface area contributed by atoms with Crippen molar-refractivity contribution in [3.05, 3.63) is 35.1 Å². The van der Waals surface area contributed by atoms with Gasteiger partial charge >= 0.3 is 0 Å². The van der Waals surface area contributed by atoms with Gasteiger partial charge in [-0.1, -0.05) is 6.07 Å². The number of hydrogen-bond donors (Lipinski definition) is 1. The summed E-state index contributed by atoms with van der Waals surface area (Å²) in [6.07, 6.45) is 0.935. The lowest BCUT2D eigenvalue weighted by molar-refractivity contribution is -0.121. The van der Waals surface area contributed by atoms with E-state index in [2.05, 4.69) is 0 Å². The van der Waals surface area contributed by atoms with Crippen molar-refractivity contribution in [2.24, 2.45) is 5.92 Å². The first-order chi connectivity index (χ1) is 7.54. The van der Waals surface area contributed by atoms with Crippen molar-refractivity contribution in [3.8, 4) is 0 Å². The zero-order valence-electron chi connectivity index (χ0n) is 9.66. The molecule has 1 aromatic carbocycles. The van der Waals surface area contributed by atoms with Gasteiger partial charge in [0.1, 0.15) is 11.6 Å². The molecular weight excluding hydrogens is 207 g/mol. The van der Waals surface area contributed by atoms with E-state index in [1.54, 1.807) is 6.07 Å². The second-order valence-electron chi connectivity index (χ2n) is 4.09. The van der Waals surface area contributed by atoms with Gasteiger partial charge in [-0.25, -0.2) is 4.39 Å². The molecule has 1 aromatic rings. The lowest BCUT2D eigenvalue weighted by atomic mass is 9.91. The minimum Gasteiger partial charge on any atom is -0.396 e. The van der Waals surface area contributed by atoms with E-state index in [9.17, 15) is 9.18 Å². The summed E-state index contributed by atoms with van der Waals surface area (Å²) in [6.45, 7) is 3.39. The number of aryl methyl sites for hydroxylation is 1. The van der Waals surface area contributed by atoms with Crippen molar-refractivity contribution in [1.82, 2.24) is 0 Å². The van der Waals surface area contributed by atoms with Crippen molar-refractivity contribution in [2.45, 2.75) is 26.7 Å². The Morgan fingerprint density at radius 3 is 2.75 bits per heavy atom. The smallest absolute Gasteiger partial charge is 0.133 e. The SMILES string of the molecule is CC(=O)C(CCO)Cc1cc(F)ccc1C. The first-order valence-corrected chi connectivity index (χ1v) is 5.41. The van der Waals surface area contributed by atoms with Gasteiger partial charge in [-0.15, -0.1) is 0 Å². The Morgan fingerprint density at radius 1 is 1.50 bits per heavy atom. The molecule has 3 heteroatoms. The van der Waals surface area contributed by atoms with Gasteiger partial charge in [0.05, 0.1) is 0 Å². The fraction of sp³-hybridized carbons (Fsp3) is 0.462. The van der Waals surface area contributed by atoms with E-state index in [0.717, 1.165) is 11.1 Å². The van der Waals surface area contributed by atoms with E-state index in [-0.39, 0.29) is 24.1 Å².